The van der Waals surface area contributed by atoms with E-state index in [2.05, 4.69) is 10.2 Å². The second kappa shape index (κ2) is 3.59. The van der Waals surface area contributed by atoms with Crippen LogP contribution in [0.25, 0.3) is 0 Å². The van der Waals surface area contributed by atoms with Crippen molar-refractivity contribution in [2.75, 3.05) is 13.2 Å². The van der Waals surface area contributed by atoms with Gasteiger partial charge in [0.1, 0.15) is 12.3 Å². The molecule has 2 rings (SSSR count). The van der Waals surface area contributed by atoms with Crippen molar-refractivity contribution >= 4 is 6.29 Å². The summed E-state index contributed by atoms with van der Waals surface area (Å²) in [5.74, 6) is 0.590. The van der Waals surface area contributed by atoms with Crippen LogP contribution in [0.3, 0.4) is 0 Å². The van der Waals surface area contributed by atoms with Gasteiger partial charge in [0.15, 0.2) is 18.1 Å². The van der Waals surface area contributed by atoms with E-state index in [1.165, 1.54) is 6.07 Å². The molecule has 1 aliphatic heterocycles. The normalized spacial score (nSPS) is 19.1. The predicted molar refractivity (Wildman–Crippen MR) is 44.4 cm³/mol. The van der Waals surface area contributed by atoms with E-state index in [0.29, 0.717) is 12.0 Å². The topological polar surface area (TPSA) is 81.5 Å². The Kier molecular flexibility index (Phi) is 2.28. The van der Waals surface area contributed by atoms with Crippen molar-refractivity contribution in [2.24, 2.45) is 0 Å². The molecule has 1 atom stereocenters. The standard InChI is InChI=1S/C8H8N2O4/c11-2-5-1-7-8(10-9-5)14-6(3-12)4-13-7/h1-2,6,12H,3-4H2. The van der Waals surface area contributed by atoms with Gasteiger partial charge in [0.2, 0.25) is 0 Å². The summed E-state index contributed by atoms with van der Waals surface area (Å²) in [6.45, 7) is 0.101. The molecule has 1 aliphatic rings. The van der Waals surface area contributed by atoms with Crippen molar-refractivity contribution in [1.29, 1.82) is 0 Å². The predicted octanol–water partition coefficient (Wildman–Crippen LogP) is -0.579. The molecule has 0 spiro atoms. The quantitative estimate of drug-likeness (QED) is 0.637. The number of fused-ring (bicyclic) bond motifs is 1. The lowest BCUT2D eigenvalue weighted by Gasteiger charge is -2.23. The summed E-state index contributed by atoms with van der Waals surface area (Å²) in [7, 11) is 0. The second-order valence-corrected chi connectivity index (χ2v) is 2.79. The molecule has 0 fully saturated rings. The monoisotopic (exact) mass is 196 g/mol. The Morgan fingerprint density at radius 2 is 2.50 bits per heavy atom. The highest BCUT2D eigenvalue weighted by Crippen LogP contribution is 2.28. The van der Waals surface area contributed by atoms with Crippen molar-refractivity contribution in [3.8, 4) is 11.6 Å². The lowest BCUT2D eigenvalue weighted by Crippen LogP contribution is -2.32. The number of aliphatic hydroxyl groups excluding tert-OH is 1. The van der Waals surface area contributed by atoms with Gasteiger partial charge in [0, 0.05) is 6.07 Å². The second-order valence-electron chi connectivity index (χ2n) is 2.79. The van der Waals surface area contributed by atoms with E-state index < -0.39 is 6.10 Å². The molecule has 2 heterocycles. The largest absolute Gasteiger partial charge is 0.484 e. The van der Waals surface area contributed by atoms with Crippen LogP contribution in [-0.4, -0.2) is 40.9 Å². The Morgan fingerprint density at radius 3 is 3.21 bits per heavy atom. The van der Waals surface area contributed by atoms with Gasteiger partial charge in [-0.05, 0) is 0 Å². The van der Waals surface area contributed by atoms with Crippen molar-refractivity contribution in [1.82, 2.24) is 10.2 Å². The molecule has 0 aliphatic carbocycles. The summed E-state index contributed by atoms with van der Waals surface area (Å²) >= 11 is 0. The number of carbonyl (C=O) groups is 1. The van der Waals surface area contributed by atoms with Gasteiger partial charge in [-0.1, -0.05) is 0 Å². The maximum atomic E-state index is 10.4. The summed E-state index contributed by atoms with van der Waals surface area (Å²) in [4.78, 5) is 10.4. The Bertz CT molecular complexity index is 355. The van der Waals surface area contributed by atoms with Crippen LogP contribution in [0, 0.1) is 0 Å². The first-order valence-electron chi connectivity index (χ1n) is 4.06. The van der Waals surface area contributed by atoms with Gasteiger partial charge in [-0.2, -0.15) is 0 Å². The highest BCUT2D eigenvalue weighted by molar-refractivity contribution is 5.72. The van der Waals surface area contributed by atoms with E-state index in [0.717, 1.165) is 0 Å². The first-order valence-corrected chi connectivity index (χ1v) is 4.06. The number of rotatable bonds is 2. The summed E-state index contributed by atoms with van der Waals surface area (Å²) < 4.78 is 10.4. The zero-order valence-electron chi connectivity index (χ0n) is 7.21. The number of ether oxygens (including phenoxy) is 2. The third-order valence-corrected chi connectivity index (χ3v) is 1.77. The van der Waals surface area contributed by atoms with E-state index in [-0.39, 0.29) is 24.8 Å². The Balaban J connectivity index is 2.27. The number of carbonyl (C=O) groups excluding carboxylic acids is 1. The van der Waals surface area contributed by atoms with Gasteiger partial charge in [-0.3, -0.25) is 4.79 Å². The molecule has 0 saturated carbocycles. The molecule has 0 bridgehead atoms. The molecule has 0 amide bonds. The number of hydrogen-bond donors (Lipinski definition) is 1. The molecule has 1 aromatic heterocycles. The molecule has 1 aromatic rings. The van der Waals surface area contributed by atoms with Crippen LogP contribution < -0.4 is 9.47 Å². The Labute approximate surface area is 79.5 Å². The number of nitrogens with zero attached hydrogens (tertiary/aromatic N) is 2. The molecule has 1 N–H and O–H groups in total. The van der Waals surface area contributed by atoms with E-state index >= 15 is 0 Å². The van der Waals surface area contributed by atoms with Crippen LogP contribution >= 0.6 is 0 Å². The molecule has 74 valence electrons. The summed E-state index contributed by atoms with van der Waals surface area (Å²) in [5, 5.41) is 16.0. The van der Waals surface area contributed by atoms with Gasteiger partial charge < -0.3 is 14.6 Å². The fraction of sp³-hybridized carbons (Fsp3) is 0.375. The molecule has 6 nitrogen and oxygen atoms in total. The van der Waals surface area contributed by atoms with Crippen molar-refractivity contribution in [3.63, 3.8) is 0 Å². The van der Waals surface area contributed by atoms with Crippen LogP contribution in [0.1, 0.15) is 10.5 Å². The smallest absolute Gasteiger partial charge is 0.276 e. The van der Waals surface area contributed by atoms with Gasteiger partial charge in [-0.15, -0.1) is 10.2 Å². The first-order chi connectivity index (χ1) is 6.83. The van der Waals surface area contributed by atoms with Crippen molar-refractivity contribution in [2.45, 2.75) is 6.10 Å². The number of aliphatic hydroxyl groups is 1. The molecule has 6 heteroatoms. The number of aromatic nitrogens is 2. The zero-order chi connectivity index (χ0) is 9.97. The van der Waals surface area contributed by atoms with Gasteiger partial charge in [0.05, 0.1) is 6.61 Å². The van der Waals surface area contributed by atoms with Crippen molar-refractivity contribution < 1.29 is 19.4 Å². The minimum Gasteiger partial charge on any atom is -0.484 e. The molecule has 14 heavy (non-hydrogen) atoms. The number of hydrogen-bond acceptors (Lipinski definition) is 6. The highest BCUT2D eigenvalue weighted by atomic mass is 16.6. The average molecular weight is 196 g/mol. The van der Waals surface area contributed by atoms with Crippen molar-refractivity contribution in [3.05, 3.63) is 11.8 Å². The van der Waals surface area contributed by atoms with Crippen LogP contribution in [0.4, 0.5) is 0 Å². The lowest BCUT2D eigenvalue weighted by molar-refractivity contribution is 0.0398. The Morgan fingerprint density at radius 1 is 1.64 bits per heavy atom. The summed E-state index contributed by atoms with van der Waals surface area (Å²) in [6, 6.07) is 1.45. The van der Waals surface area contributed by atoms with E-state index in [1.54, 1.807) is 0 Å². The molecular weight excluding hydrogens is 188 g/mol. The third kappa shape index (κ3) is 1.51. The van der Waals surface area contributed by atoms with Crippen LogP contribution in [0.15, 0.2) is 6.07 Å². The average Bonchev–Trinajstić information content (AvgIpc) is 2.27. The Hall–Kier alpha value is -1.69. The summed E-state index contributed by atoms with van der Waals surface area (Å²) in [6.07, 6.45) is 0.160. The maximum absolute atomic E-state index is 10.4. The van der Waals surface area contributed by atoms with Crippen LogP contribution in [-0.2, 0) is 0 Å². The van der Waals surface area contributed by atoms with Crippen LogP contribution in [0.2, 0.25) is 0 Å². The van der Waals surface area contributed by atoms with E-state index in [9.17, 15) is 4.79 Å². The van der Waals surface area contributed by atoms with Crippen LogP contribution in [0.5, 0.6) is 11.6 Å². The molecule has 0 aromatic carbocycles. The fourth-order valence-corrected chi connectivity index (χ4v) is 1.08. The molecule has 1 unspecified atom stereocenters. The van der Waals surface area contributed by atoms with Gasteiger partial charge in [-0.25, -0.2) is 0 Å². The van der Waals surface area contributed by atoms with E-state index in [4.69, 9.17) is 14.6 Å². The van der Waals surface area contributed by atoms with Gasteiger partial charge >= 0.3 is 0 Å². The highest BCUT2D eigenvalue weighted by Gasteiger charge is 2.22. The van der Waals surface area contributed by atoms with E-state index in [1.807, 2.05) is 0 Å². The lowest BCUT2D eigenvalue weighted by atomic mass is 10.3. The zero-order valence-corrected chi connectivity index (χ0v) is 7.21. The minimum atomic E-state index is -0.418. The third-order valence-electron chi connectivity index (χ3n) is 1.77. The molecular formula is C8H8N2O4. The SMILES string of the molecule is O=Cc1cc2c(nn1)OC(CO)CO2. The molecule has 0 saturated heterocycles. The molecule has 0 radical (unpaired) electrons. The number of aldehydes is 1. The fourth-order valence-electron chi connectivity index (χ4n) is 1.08. The maximum Gasteiger partial charge on any atom is 0.276 e. The first kappa shape index (κ1) is 8.89. The minimum absolute atomic E-state index is 0.142. The van der Waals surface area contributed by atoms with Gasteiger partial charge in [0.25, 0.3) is 5.88 Å². The summed E-state index contributed by atoms with van der Waals surface area (Å²) in [5.41, 5.74) is 0.190.